The predicted molar refractivity (Wildman–Crippen MR) is 55.6 cm³/mol. The molecule has 0 fully saturated rings. The highest BCUT2D eigenvalue weighted by Crippen LogP contribution is 2.07. The van der Waals surface area contributed by atoms with Gasteiger partial charge >= 0.3 is 0 Å². The average molecular weight is 206 g/mol. The van der Waals surface area contributed by atoms with Crippen LogP contribution in [-0.2, 0) is 11.8 Å². The van der Waals surface area contributed by atoms with Crippen molar-refractivity contribution in [3.63, 3.8) is 0 Å². The van der Waals surface area contributed by atoms with Crippen molar-refractivity contribution in [3.8, 4) is 0 Å². The van der Waals surface area contributed by atoms with Crippen LogP contribution in [0.2, 0.25) is 0 Å². The maximum absolute atomic E-state index is 11.7. The monoisotopic (exact) mass is 206 g/mol. The molecule has 0 atom stereocenters. The molecular formula is C9H10N4O2. The van der Waals surface area contributed by atoms with Crippen LogP contribution in [0.25, 0.3) is 11.0 Å². The minimum Gasteiger partial charge on any atom is -0.346 e. The van der Waals surface area contributed by atoms with E-state index in [1.807, 2.05) is 0 Å². The van der Waals surface area contributed by atoms with Crippen LogP contribution >= 0.6 is 0 Å². The molecule has 0 spiro atoms. The van der Waals surface area contributed by atoms with Gasteiger partial charge in [0.2, 0.25) is 11.9 Å². The summed E-state index contributed by atoms with van der Waals surface area (Å²) in [5.41, 5.74) is 0.284. The van der Waals surface area contributed by atoms with Gasteiger partial charge in [0, 0.05) is 20.2 Å². The topological polar surface area (TPSA) is 79.8 Å². The van der Waals surface area contributed by atoms with Gasteiger partial charge in [0.1, 0.15) is 5.65 Å². The molecule has 0 unspecified atom stereocenters. The molecule has 15 heavy (non-hydrogen) atoms. The van der Waals surface area contributed by atoms with Crippen molar-refractivity contribution in [1.82, 2.24) is 14.5 Å². The van der Waals surface area contributed by atoms with Crippen LogP contribution < -0.4 is 10.9 Å². The molecule has 0 saturated carbocycles. The zero-order valence-corrected chi connectivity index (χ0v) is 8.37. The number of carbonyl (C=O) groups excluding carboxylic acids is 1. The summed E-state index contributed by atoms with van der Waals surface area (Å²) in [6.07, 6.45) is 1.64. The number of nitrogens with one attached hydrogen (secondary N) is 2. The molecule has 2 rings (SSSR count). The molecule has 0 bridgehead atoms. The Bertz CT molecular complexity index is 581. The molecule has 2 aromatic rings. The first-order chi connectivity index (χ1) is 7.09. The SMILES string of the molecule is CC(=O)Nc1nc2[nH]ccc2c(=O)n1C. The molecule has 78 valence electrons. The molecule has 6 nitrogen and oxygen atoms in total. The van der Waals surface area contributed by atoms with Gasteiger partial charge in [-0.1, -0.05) is 0 Å². The summed E-state index contributed by atoms with van der Waals surface area (Å²) < 4.78 is 1.30. The van der Waals surface area contributed by atoms with E-state index in [-0.39, 0.29) is 17.4 Å². The van der Waals surface area contributed by atoms with Gasteiger partial charge in [-0.25, -0.2) is 0 Å². The van der Waals surface area contributed by atoms with Crippen LogP contribution in [0, 0.1) is 0 Å². The van der Waals surface area contributed by atoms with Crippen LogP contribution in [0.1, 0.15) is 6.92 Å². The van der Waals surface area contributed by atoms with Crippen molar-refractivity contribution in [3.05, 3.63) is 22.6 Å². The van der Waals surface area contributed by atoms with Gasteiger partial charge in [0.05, 0.1) is 5.39 Å². The fraction of sp³-hybridized carbons (Fsp3) is 0.222. The zero-order chi connectivity index (χ0) is 11.0. The van der Waals surface area contributed by atoms with E-state index in [4.69, 9.17) is 0 Å². The lowest BCUT2D eigenvalue weighted by Crippen LogP contribution is -2.23. The van der Waals surface area contributed by atoms with E-state index in [1.165, 1.54) is 11.5 Å². The van der Waals surface area contributed by atoms with Crippen molar-refractivity contribution in [2.45, 2.75) is 6.92 Å². The number of carbonyl (C=O) groups is 1. The average Bonchev–Trinajstić information content (AvgIpc) is 2.61. The van der Waals surface area contributed by atoms with Crippen molar-refractivity contribution < 1.29 is 4.79 Å². The first-order valence-corrected chi connectivity index (χ1v) is 4.41. The van der Waals surface area contributed by atoms with E-state index >= 15 is 0 Å². The largest absolute Gasteiger partial charge is 0.346 e. The number of amides is 1. The van der Waals surface area contributed by atoms with E-state index in [1.54, 1.807) is 19.3 Å². The second-order valence-electron chi connectivity index (χ2n) is 3.22. The third kappa shape index (κ3) is 1.50. The highest BCUT2D eigenvalue weighted by molar-refractivity contribution is 5.88. The Hall–Kier alpha value is -2.11. The van der Waals surface area contributed by atoms with Gasteiger partial charge in [0.15, 0.2) is 0 Å². The maximum atomic E-state index is 11.7. The fourth-order valence-electron chi connectivity index (χ4n) is 1.35. The summed E-state index contributed by atoms with van der Waals surface area (Å²) in [6.45, 7) is 1.37. The lowest BCUT2D eigenvalue weighted by Gasteiger charge is -2.06. The number of hydrogen-bond donors (Lipinski definition) is 2. The second-order valence-corrected chi connectivity index (χ2v) is 3.22. The van der Waals surface area contributed by atoms with E-state index < -0.39 is 0 Å². The predicted octanol–water partition coefficient (Wildman–Crippen LogP) is 0.220. The number of aromatic nitrogens is 3. The lowest BCUT2D eigenvalue weighted by atomic mass is 10.4. The van der Waals surface area contributed by atoms with Crippen LogP contribution in [0.3, 0.4) is 0 Å². The molecule has 0 aromatic carbocycles. The number of hydrogen-bond acceptors (Lipinski definition) is 3. The Labute approximate surface area is 84.9 Å². The van der Waals surface area contributed by atoms with Gasteiger partial charge < -0.3 is 4.98 Å². The first-order valence-electron chi connectivity index (χ1n) is 4.41. The van der Waals surface area contributed by atoms with Gasteiger partial charge in [0.25, 0.3) is 5.56 Å². The molecule has 0 saturated heterocycles. The van der Waals surface area contributed by atoms with E-state index in [9.17, 15) is 9.59 Å². The highest BCUT2D eigenvalue weighted by atomic mass is 16.2. The Kier molecular flexibility index (Phi) is 2.03. The molecule has 0 aliphatic heterocycles. The summed E-state index contributed by atoms with van der Waals surface area (Å²) in [5.74, 6) is -0.0224. The van der Waals surface area contributed by atoms with Crippen LogP contribution in [0.5, 0.6) is 0 Å². The lowest BCUT2D eigenvalue weighted by molar-refractivity contribution is -0.114. The molecule has 6 heteroatoms. The summed E-state index contributed by atoms with van der Waals surface area (Å²) >= 11 is 0. The quantitative estimate of drug-likeness (QED) is 0.700. The van der Waals surface area contributed by atoms with E-state index in [0.29, 0.717) is 11.0 Å². The Morgan fingerprint density at radius 1 is 1.60 bits per heavy atom. The Morgan fingerprint density at radius 2 is 2.33 bits per heavy atom. The van der Waals surface area contributed by atoms with Crippen LogP contribution in [-0.4, -0.2) is 20.4 Å². The van der Waals surface area contributed by atoms with E-state index in [0.717, 1.165) is 0 Å². The molecule has 0 aliphatic carbocycles. The summed E-state index contributed by atoms with van der Waals surface area (Å²) in [5, 5.41) is 2.99. The molecule has 2 heterocycles. The van der Waals surface area contributed by atoms with Gasteiger partial charge in [-0.05, 0) is 6.07 Å². The summed E-state index contributed by atoms with van der Waals surface area (Å²) in [6, 6.07) is 1.65. The molecular weight excluding hydrogens is 196 g/mol. The smallest absolute Gasteiger partial charge is 0.264 e. The van der Waals surface area contributed by atoms with Crippen molar-refractivity contribution in [2.24, 2.45) is 7.05 Å². The molecule has 2 aromatic heterocycles. The summed E-state index contributed by atoms with van der Waals surface area (Å²) in [7, 11) is 1.56. The van der Waals surface area contributed by atoms with Gasteiger partial charge in [-0.15, -0.1) is 0 Å². The number of fused-ring (bicyclic) bond motifs is 1. The van der Waals surface area contributed by atoms with Gasteiger partial charge in [-0.3, -0.25) is 19.5 Å². The maximum Gasteiger partial charge on any atom is 0.264 e. The third-order valence-electron chi connectivity index (χ3n) is 2.08. The Morgan fingerprint density at radius 3 is 3.00 bits per heavy atom. The van der Waals surface area contributed by atoms with Crippen LogP contribution in [0.4, 0.5) is 5.95 Å². The number of nitrogens with zero attached hydrogens (tertiary/aromatic N) is 2. The number of anilines is 1. The van der Waals surface area contributed by atoms with Crippen molar-refractivity contribution >= 4 is 22.9 Å². The van der Waals surface area contributed by atoms with Crippen molar-refractivity contribution in [1.29, 1.82) is 0 Å². The minimum atomic E-state index is -0.261. The van der Waals surface area contributed by atoms with Crippen molar-refractivity contribution in [2.75, 3.05) is 5.32 Å². The minimum absolute atomic E-state index is 0.190. The molecule has 1 amide bonds. The van der Waals surface area contributed by atoms with E-state index in [2.05, 4.69) is 15.3 Å². The number of aromatic amines is 1. The standard InChI is InChI=1S/C9H10N4O2/c1-5(14)11-9-12-7-6(3-4-10-7)8(15)13(9)2/h3-4,10H,1-2H3,(H,11,12,14). The fourth-order valence-corrected chi connectivity index (χ4v) is 1.35. The Balaban J connectivity index is 2.70. The third-order valence-corrected chi connectivity index (χ3v) is 2.08. The normalized spacial score (nSPS) is 10.5. The van der Waals surface area contributed by atoms with Gasteiger partial charge in [-0.2, -0.15) is 4.98 Å². The first kappa shape index (κ1) is 9.45. The molecule has 0 aliphatic rings. The highest BCUT2D eigenvalue weighted by Gasteiger charge is 2.09. The molecule has 0 radical (unpaired) electrons. The van der Waals surface area contributed by atoms with Crippen LogP contribution in [0.15, 0.2) is 17.1 Å². The number of rotatable bonds is 1. The molecule has 2 N–H and O–H groups in total. The second kappa shape index (κ2) is 3.23. The number of H-pyrrole nitrogens is 1. The zero-order valence-electron chi connectivity index (χ0n) is 8.37. The summed E-state index contributed by atoms with van der Waals surface area (Å²) in [4.78, 5) is 29.6.